The highest BCUT2D eigenvalue weighted by Gasteiger charge is 2.25. The normalized spacial score (nSPS) is 18.5. The van der Waals surface area contributed by atoms with Gasteiger partial charge in [0.15, 0.2) is 0 Å². The molecule has 2 N–H and O–H groups in total. The Morgan fingerprint density at radius 1 is 1.53 bits per heavy atom. The number of nitrogens with zero attached hydrogens (tertiary/aromatic N) is 1. The third-order valence-electron chi connectivity index (χ3n) is 3.66. The Hall–Kier alpha value is -1.85. The van der Waals surface area contributed by atoms with E-state index in [1.165, 1.54) is 5.56 Å². The minimum atomic E-state index is -0.823. The van der Waals surface area contributed by atoms with Gasteiger partial charge in [0, 0.05) is 36.7 Å². The number of hydrogen-bond donors (Lipinski definition) is 2. The molecule has 1 aliphatic rings. The third-order valence-corrected chi connectivity index (χ3v) is 3.66. The fourth-order valence-electron chi connectivity index (χ4n) is 2.80. The first-order valence-electron chi connectivity index (χ1n) is 6.27. The lowest BCUT2D eigenvalue weighted by Gasteiger charge is -2.24. The SMILES string of the molecule is COC1Cc2c(c3ccccc3n2CC(=O)O)CN1. The average Bonchev–Trinajstić information content (AvgIpc) is 2.72. The molecule has 5 nitrogen and oxygen atoms in total. The smallest absolute Gasteiger partial charge is 0.323 e. The van der Waals surface area contributed by atoms with E-state index >= 15 is 0 Å². The third kappa shape index (κ3) is 2.01. The molecule has 2 aromatic rings. The van der Waals surface area contributed by atoms with Crippen LogP contribution in [-0.4, -0.2) is 29.0 Å². The van der Waals surface area contributed by atoms with E-state index in [1.54, 1.807) is 7.11 Å². The molecule has 0 spiro atoms. The van der Waals surface area contributed by atoms with Crippen molar-refractivity contribution in [1.82, 2.24) is 9.88 Å². The number of hydrogen-bond acceptors (Lipinski definition) is 3. The van der Waals surface area contributed by atoms with Crippen LogP contribution in [-0.2, 0) is 29.0 Å². The minimum absolute atomic E-state index is 0.00766. The second-order valence-electron chi connectivity index (χ2n) is 4.73. The van der Waals surface area contributed by atoms with Crippen LogP contribution in [0.4, 0.5) is 0 Å². The number of benzene rings is 1. The van der Waals surface area contributed by atoms with E-state index in [0.29, 0.717) is 13.0 Å². The second kappa shape index (κ2) is 4.68. The highest BCUT2D eigenvalue weighted by Crippen LogP contribution is 2.29. The molecular formula is C14H16N2O3. The van der Waals surface area contributed by atoms with Crippen molar-refractivity contribution in [2.75, 3.05) is 7.11 Å². The summed E-state index contributed by atoms with van der Waals surface area (Å²) in [5.41, 5.74) is 3.23. The molecule has 0 saturated heterocycles. The van der Waals surface area contributed by atoms with Crippen LogP contribution in [0.3, 0.4) is 0 Å². The zero-order valence-electron chi connectivity index (χ0n) is 10.7. The number of rotatable bonds is 3. The Morgan fingerprint density at radius 2 is 2.32 bits per heavy atom. The van der Waals surface area contributed by atoms with Gasteiger partial charge in [-0.1, -0.05) is 18.2 Å². The Kier molecular flexibility index (Phi) is 3.00. The van der Waals surface area contributed by atoms with Crippen LogP contribution >= 0.6 is 0 Å². The molecule has 1 aromatic heterocycles. The van der Waals surface area contributed by atoms with Gasteiger partial charge in [0.1, 0.15) is 12.8 Å². The number of methoxy groups -OCH3 is 1. The monoisotopic (exact) mass is 260 g/mol. The molecule has 0 radical (unpaired) electrons. The predicted molar refractivity (Wildman–Crippen MR) is 70.9 cm³/mol. The molecule has 5 heteroatoms. The van der Waals surface area contributed by atoms with E-state index in [9.17, 15) is 4.79 Å². The largest absolute Gasteiger partial charge is 0.480 e. The summed E-state index contributed by atoms with van der Waals surface area (Å²) in [4.78, 5) is 11.1. The number of ether oxygens (including phenoxy) is 1. The lowest BCUT2D eigenvalue weighted by molar-refractivity contribution is -0.137. The van der Waals surface area contributed by atoms with Crippen molar-refractivity contribution in [3.63, 3.8) is 0 Å². The molecule has 0 aliphatic carbocycles. The molecular weight excluding hydrogens is 244 g/mol. The number of carbonyl (C=O) groups is 1. The van der Waals surface area contributed by atoms with Crippen LogP contribution < -0.4 is 5.32 Å². The lowest BCUT2D eigenvalue weighted by atomic mass is 10.1. The van der Waals surface area contributed by atoms with E-state index in [0.717, 1.165) is 16.6 Å². The van der Waals surface area contributed by atoms with Gasteiger partial charge in [-0.15, -0.1) is 0 Å². The highest BCUT2D eigenvalue weighted by atomic mass is 16.5. The predicted octanol–water partition coefficient (Wildman–Crippen LogP) is 1.34. The maximum Gasteiger partial charge on any atom is 0.323 e. The molecule has 3 rings (SSSR count). The van der Waals surface area contributed by atoms with Gasteiger partial charge in [0.05, 0.1) is 0 Å². The van der Waals surface area contributed by atoms with Crippen molar-refractivity contribution >= 4 is 16.9 Å². The fraction of sp³-hybridized carbons (Fsp3) is 0.357. The first-order chi connectivity index (χ1) is 9.20. The van der Waals surface area contributed by atoms with Gasteiger partial charge < -0.3 is 14.4 Å². The Balaban J connectivity index is 2.18. The standard InChI is InChI=1S/C14H16N2O3/c1-19-13-6-12-10(7-15-13)9-4-2-3-5-11(9)16(12)8-14(17)18/h2-5,13,15H,6-8H2,1H3,(H,17,18). The molecule has 100 valence electrons. The molecule has 1 atom stereocenters. The van der Waals surface area contributed by atoms with Gasteiger partial charge in [-0.25, -0.2) is 0 Å². The summed E-state index contributed by atoms with van der Waals surface area (Å²) in [7, 11) is 1.66. The van der Waals surface area contributed by atoms with Crippen LogP contribution in [0.25, 0.3) is 10.9 Å². The molecule has 1 aromatic carbocycles. The van der Waals surface area contributed by atoms with Gasteiger partial charge in [0.25, 0.3) is 0 Å². The number of carboxylic acid groups (broad SMARTS) is 1. The van der Waals surface area contributed by atoms with Crippen molar-refractivity contribution in [3.05, 3.63) is 35.5 Å². The van der Waals surface area contributed by atoms with Crippen LogP contribution in [0.15, 0.2) is 24.3 Å². The molecule has 2 heterocycles. The van der Waals surface area contributed by atoms with Crippen molar-refractivity contribution in [1.29, 1.82) is 0 Å². The summed E-state index contributed by atoms with van der Waals surface area (Å²) >= 11 is 0. The molecule has 0 bridgehead atoms. The quantitative estimate of drug-likeness (QED) is 0.874. The summed E-state index contributed by atoms with van der Waals surface area (Å²) in [6.45, 7) is 0.702. The summed E-state index contributed by atoms with van der Waals surface area (Å²) in [6.07, 6.45) is 0.637. The van der Waals surface area contributed by atoms with Crippen molar-refractivity contribution in [2.24, 2.45) is 0 Å². The number of para-hydroxylation sites is 1. The summed E-state index contributed by atoms with van der Waals surface area (Å²) in [5, 5.41) is 13.5. The van der Waals surface area contributed by atoms with Gasteiger partial charge in [-0.3, -0.25) is 10.1 Å². The van der Waals surface area contributed by atoms with Crippen molar-refractivity contribution < 1.29 is 14.6 Å². The van der Waals surface area contributed by atoms with Gasteiger partial charge >= 0.3 is 5.97 Å². The van der Waals surface area contributed by atoms with Crippen LogP contribution in [0, 0.1) is 0 Å². The molecule has 1 unspecified atom stereocenters. The van der Waals surface area contributed by atoms with Crippen molar-refractivity contribution in [2.45, 2.75) is 25.7 Å². The van der Waals surface area contributed by atoms with Gasteiger partial charge in [0.2, 0.25) is 0 Å². The van der Waals surface area contributed by atoms with E-state index in [1.807, 2.05) is 28.8 Å². The lowest BCUT2D eigenvalue weighted by Crippen LogP contribution is -2.37. The first kappa shape index (κ1) is 12.2. The Labute approximate surface area is 110 Å². The maximum atomic E-state index is 11.1. The molecule has 0 saturated carbocycles. The van der Waals surface area contributed by atoms with E-state index in [2.05, 4.69) is 5.32 Å². The topological polar surface area (TPSA) is 63.5 Å². The minimum Gasteiger partial charge on any atom is -0.480 e. The summed E-state index contributed by atoms with van der Waals surface area (Å²) in [6, 6.07) is 7.93. The maximum absolute atomic E-state index is 11.1. The number of aromatic nitrogens is 1. The number of aliphatic carboxylic acids is 1. The zero-order valence-corrected chi connectivity index (χ0v) is 10.7. The van der Waals surface area contributed by atoms with Gasteiger partial charge in [-0.2, -0.15) is 0 Å². The molecule has 1 aliphatic heterocycles. The highest BCUT2D eigenvalue weighted by molar-refractivity contribution is 5.87. The van der Waals surface area contributed by atoms with Crippen LogP contribution in [0.2, 0.25) is 0 Å². The van der Waals surface area contributed by atoms with E-state index < -0.39 is 5.97 Å². The van der Waals surface area contributed by atoms with Crippen molar-refractivity contribution in [3.8, 4) is 0 Å². The number of carboxylic acids is 1. The summed E-state index contributed by atoms with van der Waals surface area (Å²) in [5.74, 6) is -0.823. The molecule has 19 heavy (non-hydrogen) atoms. The van der Waals surface area contributed by atoms with E-state index in [4.69, 9.17) is 9.84 Å². The average molecular weight is 260 g/mol. The molecule has 0 amide bonds. The van der Waals surface area contributed by atoms with E-state index in [-0.39, 0.29) is 12.8 Å². The fourth-order valence-corrected chi connectivity index (χ4v) is 2.80. The van der Waals surface area contributed by atoms with Crippen LogP contribution in [0.1, 0.15) is 11.3 Å². The number of fused-ring (bicyclic) bond motifs is 3. The summed E-state index contributed by atoms with van der Waals surface area (Å²) < 4.78 is 7.22. The number of nitrogens with one attached hydrogen (secondary N) is 1. The second-order valence-corrected chi connectivity index (χ2v) is 4.73. The zero-order chi connectivity index (χ0) is 13.4. The Morgan fingerprint density at radius 3 is 3.05 bits per heavy atom. The first-order valence-corrected chi connectivity index (χ1v) is 6.27. The van der Waals surface area contributed by atoms with Crippen LogP contribution in [0.5, 0.6) is 0 Å². The molecule has 0 fully saturated rings. The Bertz CT molecular complexity index is 633. The van der Waals surface area contributed by atoms with Gasteiger partial charge in [-0.05, 0) is 11.6 Å².